The summed E-state index contributed by atoms with van der Waals surface area (Å²) < 4.78 is 17.1. The quantitative estimate of drug-likeness (QED) is 0.796. The maximum absolute atomic E-state index is 8.97. The van der Waals surface area contributed by atoms with Crippen LogP contribution in [0.15, 0.2) is 16.5 Å². The zero-order chi connectivity index (χ0) is 13.6. The Morgan fingerprint density at radius 1 is 1.22 bits per heavy atom. The number of hydrogen-bond donors (Lipinski definition) is 2. The molecule has 2 rings (SSSR count). The molecule has 1 aliphatic heterocycles. The van der Waals surface area contributed by atoms with Crippen molar-refractivity contribution in [3.05, 3.63) is 23.7 Å². The van der Waals surface area contributed by atoms with E-state index in [9.17, 15) is 0 Å². The molecular weight excluding hydrogens is 233 g/mol. The zero-order valence-electron chi connectivity index (χ0n) is 11.3. The second kappa shape index (κ2) is 4.38. The molecule has 0 aromatic carbocycles. The smallest absolute Gasteiger partial charge is 0.463 e. The average Bonchev–Trinajstić information content (AvgIpc) is 2.81. The summed E-state index contributed by atoms with van der Waals surface area (Å²) in [5, 5.41) is 8.97. The number of aliphatic hydroxyl groups excluding tert-OH is 1. The third-order valence-electron chi connectivity index (χ3n) is 3.73. The fourth-order valence-corrected chi connectivity index (χ4v) is 1.83. The molecule has 1 aromatic heterocycles. The van der Waals surface area contributed by atoms with Gasteiger partial charge in [-0.3, -0.25) is 0 Å². The number of nitrogens with two attached hydrogens (primary N) is 1. The third kappa shape index (κ3) is 2.21. The molecule has 2 heterocycles. The van der Waals surface area contributed by atoms with Crippen LogP contribution in [0.4, 0.5) is 0 Å². The minimum Gasteiger partial charge on any atom is -0.463 e. The Hall–Kier alpha value is -0.815. The first kappa shape index (κ1) is 13.6. The first-order chi connectivity index (χ1) is 8.27. The minimum atomic E-state index is -0.548. The molecule has 0 aliphatic carbocycles. The lowest BCUT2D eigenvalue weighted by Crippen LogP contribution is -2.41. The Morgan fingerprint density at radius 2 is 1.78 bits per heavy atom. The predicted octanol–water partition coefficient (Wildman–Crippen LogP) is 1.40. The van der Waals surface area contributed by atoms with Crippen LogP contribution in [0.25, 0.3) is 0 Å². The lowest BCUT2D eigenvalue weighted by molar-refractivity contribution is 0.00578. The summed E-state index contributed by atoms with van der Waals surface area (Å²) in [6.07, 6.45) is 0. The summed E-state index contributed by atoms with van der Waals surface area (Å²) in [5.41, 5.74) is 5.26. The largest absolute Gasteiger partial charge is 0.483 e. The highest BCUT2D eigenvalue weighted by molar-refractivity contribution is 6.47. The van der Waals surface area contributed by atoms with Gasteiger partial charge >= 0.3 is 7.12 Å². The van der Waals surface area contributed by atoms with E-state index in [0.29, 0.717) is 11.5 Å². The summed E-state index contributed by atoms with van der Waals surface area (Å²) in [7, 11) is -0.548. The van der Waals surface area contributed by atoms with Crippen LogP contribution in [0.1, 0.15) is 45.2 Å². The van der Waals surface area contributed by atoms with E-state index >= 15 is 0 Å². The van der Waals surface area contributed by atoms with Gasteiger partial charge in [-0.1, -0.05) is 0 Å². The molecule has 3 N–H and O–H groups in total. The van der Waals surface area contributed by atoms with Crippen molar-refractivity contribution in [3.8, 4) is 0 Å². The molecule has 0 amide bonds. The second-order valence-corrected chi connectivity index (χ2v) is 5.61. The molecule has 1 atom stereocenters. The zero-order valence-corrected chi connectivity index (χ0v) is 11.3. The lowest BCUT2D eigenvalue weighted by Gasteiger charge is -2.32. The number of rotatable bonds is 3. The standard InChI is InChI=1S/C12H20BNO4/c1-11(2)12(3,4)18-13(17-11)10(14)9-6-5-8(7-15)16-9/h5-6,10,15H,7,14H2,1-4H3. The molecule has 0 spiro atoms. The fourth-order valence-electron chi connectivity index (χ4n) is 1.83. The first-order valence-electron chi connectivity index (χ1n) is 6.07. The van der Waals surface area contributed by atoms with Gasteiger partial charge < -0.3 is 24.6 Å². The van der Waals surface area contributed by atoms with Gasteiger partial charge in [0.05, 0.1) is 17.1 Å². The second-order valence-electron chi connectivity index (χ2n) is 5.61. The van der Waals surface area contributed by atoms with Crippen molar-refractivity contribution in [2.75, 3.05) is 0 Å². The van der Waals surface area contributed by atoms with Crippen LogP contribution in [0.5, 0.6) is 0 Å². The summed E-state index contributed by atoms with van der Waals surface area (Å²) in [4.78, 5) is 0. The van der Waals surface area contributed by atoms with E-state index in [1.54, 1.807) is 12.1 Å². The Bertz CT molecular complexity index is 413. The number of furan rings is 1. The van der Waals surface area contributed by atoms with Crippen molar-refractivity contribution in [1.82, 2.24) is 0 Å². The van der Waals surface area contributed by atoms with Crippen molar-refractivity contribution in [2.45, 2.75) is 51.4 Å². The molecule has 0 saturated carbocycles. The van der Waals surface area contributed by atoms with Crippen LogP contribution < -0.4 is 5.73 Å². The van der Waals surface area contributed by atoms with Gasteiger partial charge in [0.2, 0.25) is 0 Å². The van der Waals surface area contributed by atoms with Crippen molar-refractivity contribution >= 4 is 7.12 Å². The van der Waals surface area contributed by atoms with Gasteiger partial charge in [-0.2, -0.15) is 0 Å². The summed E-state index contributed by atoms with van der Waals surface area (Å²) >= 11 is 0. The molecule has 0 radical (unpaired) electrons. The van der Waals surface area contributed by atoms with Crippen LogP contribution in [0, 0.1) is 0 Å². The normalized spacial score (nSPS) is 23.3. The number of hydrogen-bond acceptors (Lipinski definition) is 5. The van der Waals surface area contributed by atoms with E-state index in [0.717, 1.165) is 0 Å². The van der Waals surface area contributed by atoms with Gasteiger partial charge in [-0.25, -0.2) is 0 Å². The minimum absolute atomic E-state index is 0.143. The van der Waals surface area contributed by atoms with Gasteiger partial charge in [-0.15, -0.1) is 0 Å². The fraction of sp³-hybridized carbons (Fsp3) is 0.667. The average molecular weight is 253 g/mol. The molecule has 1 fully saturated rings. The van der Waals surface area contributed by atoms with Crippen LogP contribution in [0.3, 0.4) is 0 Å². The maximum Gasteiger partial charge on any atom is 0.483 e. The van der Waals surface area contributed by atoms with Gasteiger partial charge in [0, 0.05) is 0 Å². The van der Waals surface area contributed by atoms with Crippen molar-refractivity contribution < 1.29 is 18.8 Å². The molecule has 0 bridgehead atoms. The van der Waals surface area contributed by atoms with Crippen LogP contribution >= 0.6 is 0 Å². The summed E-state index contributed by atoms with van der Waals surface area (Å²) in [6.45, 7) is 7.75. The monoisotopic (exact) mass is 253 g/mol. The van der Waals surface area contributed by atoms with E-state index in [2.05, 4.69) is 0 Å². The molecular formula is C12H20BNO4. The predicted molar refractivity (Wildman–Crippen MR) is 67.6 cm³/mol. The van der Waals surface area contributed by atoms with Crippen molar-refractivity contribution in [1.29, 1.82) is 0 Å². The van der Waals surface area contributed by atoms with Gasteiger partial charge in [-0.05, 0) is 39.8 Å². The highest BCUT2D eigenvalue weighted by Crippen LogP contribution is 2.39. The van der Waals surface area contributed by atoms with E-state index < -0.39 is 24.3 Å². The van der Waals surface area contributed by atoms with E-state index in [1.807, 2.05) is 27.7 Å². The third-order valence-corrected chi connectivity index (χ3v) is 3.73. The van der Waals surface area contributed by atoms with E-state index in [1.165, 1.54) is 0 Å². The Morgan fingerprint density at radius 3 is 2.22 bits per heavy atom. The maximum atomic E-state index is 8.97. The van der Waals surface area contributed by atoms with Crippen molar-refractivity contribution in [3.63, 3.8) is 0 Å². The Kier molecular flexibility index (Phi) is 3.31. The van der Waals surface area contributed by atoms with Crippen LogP contribution in [-0.2, 0) is 15.9 Å². The van der Waals surface area contributed by atoms with Gasteiger partial charge in [0.15, 0.2) is 0 Å². The number of aliphatic hydroxyl groups is 1. The highest BCUT2D eigenvalue weighted by atomic mass is 16.7. The SMILES string of the molecule is CC1(C)OB(C(N)c2ccc(CO)o2)OC1(C)C. The highest BCUT2D eigenvalue weighted by Gasteiger charge is 2.53. The topological polar surface area (TPSA) is 77.9 Å². The molecule has 6 heteroatoms. The summed E-state index contributed by atoms with van der Waals surface area (Å²) in [6, 6.07) is 3.43. The lowest BCUT2D eigenvalue weighted by atomic mass is 9.77. The first-order valence-corrected chi connectivity index (χ1v) is 6.07. The Labute approximate surface area is 107 Å². The van der Waals surface area contributed by atoms with Gasteiger partial charge in [0.25, 0.3) is 0 Å². The molecule has 1 unspecified atom stereocenters. The Balaban J connectivity index is 2.14. The van der Waals surface area contributed by atoms with Gasteiger partial charge in [0.1, 0.15) is 18.1 Å². The molecule has 18 heavy (non-hydrogen) atoms. The van der Waals surface area contributed by atoms with E-state index in [-0.39, 0.29) is 6.61 Å². The van der Waals surface area contributed by atoms with Crippen LogP contribution in [-0.4, -0.2) is 23.4 Å². The summed E-state index contributed by atoms with van der Waals surface area (Å²) in [5.74, 6) is 0.529. The van der Waals surface area contributed by atoms with Crippen LogP contribution in [0.2, 0.25) is 0 Å². The molecule has 5 nitrogen and oxygen atoms in total. The van der Waals surface area contributed by atoms with E-state index in [4.69, 9.17) is 24.6 Å². The molecule has 100 valence electrons. The van der Waals surface area contributed by atoms with Crippen molar-refractivity contribution in [2.24, 2.45) is 5.73 Å². The molecule has 1 aliphatic rings. The molecule has 1 aromatic rings. The molecule has 1 saturated heterocycles.